The number of aliphatic carboxylic acids is 1. The molecule has 4 bridgehead atoms. The van der Waals surface area contributed by atoms with E-state index >= 15 is 0 Å². The molecular formula is C16H24O2. The second kappa shape index (κ2) is 4.11. The molecule has 0 radical (unpaired) electrons. The zero-order chi connectivity index (χ0) is 12.9. The third-order valence-electron chi connectivity index (χ3n) is 6.02. The summed E-state index contributed by atoms with van der Waals surface area (Å²) in [5.74, 6) is 2.93. The first-order valence-electron chi connectivity index (χ1n) is 7.39. The van der Waals surface area contributed by atoms with Crippen LogP contribution in [-0.2, 0) is 4.79 Å². The molecule has 100 valence electrons. The molecule has 0 heterocycles. The lowest BCUT2D eigenvalue weighted by atomic mass is 9.46. The maximum atomic E-state index is 11.8. The smallest absolute Gasteiger partial charge is 0.309 e. The van der Waals surface area contributed by atoms with Gasteiger partial charge in [0.2, 0.25) is 0 Å². The Morgan fingerprint density at radius 2 is 1.72 bits per heavy atom. The first kappa shape index (κ1) is 12.3. The molecular weight excluding hydrogens is 224 g/mol. The molecule has 2 nitrogen and oxygen atoms in total. The van der Waals surface area contributed by atoms with Crippen molar-refractivity contribution in [3.8, 4) is 0 Å². The molecule has 1 N–H and O–H groups in total. The summed E-state index contributed by atoms with van der Waals surface area (Å²) < 4.78 is 0. The first-order valence-corrected chi connectivity index (χ1v) is 7.39. The van der Waals surface area contributed by atoms with Crippen LogP contribution in [0.25, 0.3) is 0 Å². The fourth-order valence-electron chi connectivity index (χ4n) is 5.63. The molecule has 0 aliphatic heterocycles. The van der Waals surface area contributed by atoms with Crippen molar-refractivity contribution in [3.63, 3.8) is 0 Å². The van der Waals surface area contributed by atoms with Crippen LogP contribution in [0.2, 0.25) is 0 Å². The molecule has 0 aromatic heterocycles. The van der Waals surface area contributed by atoms with Gasteiger partial charge in [0, 0.05) is 0 Å². The molecule has 0 aromatic rings. The molecule has 1 atom stereocenters. The molecule has 0 spiro atoms. The lowest BCUT2D eigenvalue weighted by Gasteiger charge is -2.58. The highest BCUT2D eigenvalue weighted by molar-refractivity contribution is 5.75. The van der Waals surface area contributed by atoms with Crippen LogP contribution in [-0.4, -0.2) is 11.1 Å². The minimum atomic E-state index is -0.611. The highest BCUT2D eigenvalue weighted by Crippen LogP contribution is 2.61. The number of hydrogen-bond donors (Lipinski definition) is 1. The second-order valence-electron chi connectivity index (χ2n) is 7.17. The Hall–Kier alpha value is -0.790. The Morgan fingerprint density at radius 1 is 1.22 bits per heavy atom. The molecule has 0 aromatic carbocycles. The monoisotopic (exact) mass is 248 g/mol. The molecule has 2 heteroatoms. The molecule has 1 unspecified atom stereocenters. The molecule has 4 saturated carbocycles. The highest BCUT2D eigenvalue weighted by atomic mass is 16.4. The predicted molar refractivity (Wildman–Crippen MR) is 71.1 cm³/mol. The average molecular weight is 248 g/mol. The van der Waals surface area contributed by atoms with Gasteiger partial charge in [0.1, 0.15) is 0 Å². The Labute approximate surface area is 109 Å². The van der Waals surface area contributed by atoms with Crippen LogP contribution in [0.3, 0.4) is 0 Å². The van der Waals surface area contributed by atoms with Crippen LogP contribution in [0, 0.1) is 35.0 Å². The number of carboxylic acid groups (broad SMARTS) is 1. The van der Waals surface area contributed by atoms with E-state index in [9.17, 15) is 9.90 Å². The SMILES string of the molecule is C=CCC(C)(C(=O)O)C1C2CC3CC(C2)CC1C3. The van der Waals surface area contributed by atoms with Crippen molar-refractivity contribution in [1.82, 2.24) is 0 Å². The maximum absolute atomic E-state index is 11.8. The molecule has 4 fully saturated rings. The van der Waals surface area contributed by atoms with E-state index in [0.717, 1.165) is 11.8 Å². The van der Waals surface area contributed by atoms with Gasteiger partial charge in [0.25, 0.3) is 0 Å². The van der Waals surface area contributed by atoms with E-state index in [-0.39, 0.29) is 0 Å². The van der Waals surface area contributed by atoms with Crippen LogP contribution in [0.15, 0.2) is 12.7 Å². The van der Waals surface area contributed by atoms with E-state index < -0.39 is 11.4 Å². The van der Waals surface area contributed by atoms with Gasteiger partial charge in [-0.1, -0.05) is 6.08 Å². The van der Waals surface area contributed by atoms with Crippen molar-refractivity contribution >= 4 is 5.97 Å². The first-order chi connectivity index (χ1) is 8.54. The fourth-order valence-corrected chi connectivity index (χ4v) is 5.63. The molecule has 0 saturated heterocycles. The van der Waals surface area contributed by atoms with Gasteiger partial charge in [0.15, 0.2) is 0 Å². The number of allylic oxidation sites excluding steroid dienone is 1. The molecule has 0 amide bonds. The predicted octanol–water partition coefficient (Wildman–Crippen LogP) is 3.73. The van der Waals surface area contributed by atoms with Gasteiger partial charge >= 0.3 is 5.97 Å². The highest BCUT2D eigenvalue weighted by Gasteiger charge is 2.56. The quantitative estimate of drug-likeness (QED) is 0.770. The van der Waals surface area contributed by atoms with E-state index in [1.807, 2.05) is 6.92 Å². The van der Waals surface area contributed by atoms with Crippen molar-refractivity contribution in [3.05, 3.63) is 12.7 Å². The minimum Gasteiger partial charge on any atom is -0.481 e. The third kappa shape index (κ3) is 1.64. The second-order valence-corrected chi connectivity index (χ2v) is 7.17. The van der Waals surface area contributed by atoms with E-state index in [1.165, 1.54) is 32.1 Å². The van der Waals surface area contributed by atoms with Gasteiger partial charge in [-0.2, -0.15) is 0 Å². The summed E-state index contributed by atoms with van der Waals surface area (Å²) >= 11 is 0. The van der Waals surface area contributed by atoms with E-state index in [2.05, 4.69) is 6.58 Å². The zero-order valence-corrected chi connectivity index (χ0v) is 11.3. The topological polar surface area (TPSA) is 37.3 Å². The summed E-state index contributed by atoms with van der Waals surface area (Å²) in [5, 5.41) is 9.70. The number of rotatable bonds is 4. The molecule has 18 heavy (non-hydrogen) atoms. The summed E-state index contributed by atoms with van der Waals surface area (Å²) in [6.45, 7) is 5.74. The fraction of sp³-hybridized carbons (Fsp3) is 0.812. The maximum Gasteiger partial charge on any atom is 0.309 e. The Morgan fingerprint density at radius 3 is 2.11 bits per heavy atom. The van der Waals surface area contributed by atoms with E-state index in [1.54, 1.807) is 6.08 Å². The zero-order valence-electron chi connectivity index (χ0n) is 11.3. The van der Waals surface area contributed by atoms with Crippen LogP contribution in [0.4, 0.5) is 0 Å². The number of hydrogen-bond acceptors (Lipinski definition) is 1. The third-order valence-corrected chi connectivity index (χ3v) is 6.02. The van der Waals surface area contributed by atoms with Crippen LogP contribution in [0.5, 0.6) is 0 Å². The number of carboxylic acids is 1. The molecule has 4 rings (SSSR count). The van der Waals surface area contributed by atoms with Gasteiger partial charge in [-0.25, -0.2) is 0 Å². The van der Waals surface area contributed by atoms with Crippen molar-refractivity contribution in [1.29, 1.82) is 0 Å². The van der Waals surface area contributed by atoms with Gasteiger partial charge in [-0.15, -0.1) is 6.58 Å². The van der Waals surface area contributed by atoms with Crippen molar-refractivity contribution in [2.45, 2.75) is 45.4 Å². The van der Waals surface area contributed by atoms with Gasteiger partial charge in [-0.05, 0) is 75.0 Å². The van der Waals surface area contributed by atoms with Gasteiger partial charge in [-0.3, -0.25) is 4.79 Å². The van der Waals surface area contributed by atoms with Crippen molar-refractivity contribution in [2.75, 3.05) is 0 Å². The van der Waals surface area contributed by atoms with Crippen molar-refractivity contribution in [2.24, 2.45) is 35.0 Å². The Bertz CT molecular complexity index is 345. The standard InChI is InChI=1S/C16H24O2/c1-3-4-16(2,15(17)18)14-12-6-10-5-11(8-12)9-13(14)7-10/h3,10-14H,1,4-9H2,2H3,(H,17,18). The Kier molecular flexibility index (Phi) is 2.80. The van der Waals surface area contributed by atoms with Gasteiger partial charge in [0.05, 0.1) is 5.41 Å². The van der Waals surface area contributed by atoms with Crippen LogP contribution >= 0.6 is 0 Å². The molecule has 4 aliphatic carbocycles. The summed E-state index contributed by atoms with van der Waals surface area (Å²) in [7, 11) is 0. The summed E-state index contributed by atoms with van der Waals surface area (Å²) in [6.07, 6.45) is 9.00. The lowest BCUT2D eigenvalue weighted by molar-refractivity contribution is -0.164. The largest absolute Gasteiger partial charge is 0.481 e. The van der Waals surface area contributed by atoms with Gasteiger partial charge < -0.3 is 5.11 Å². The Balaban J connectivity index is 1.91. The van der Waals surface area contributed by atoms with E-state index in [4.69, 9.17) is 0 Å². The summed E-state index contributed by atoms with van der Waals surface area (Å²) in [5.41, 5.74) is -0.579. The van der Waals surface area contributed by atoms with E-state index in [0.29, 0.717) is 24.2 Å². The summed E-state index contributed by atoms with van der Waals surface area (Å²) in [6, 6.07) is 0. The normalized spacial score (nSPS) is 44.6. The lowest BCUT2D eigenvalue weighted by Crippen LogP contribution is -2.53. The average Bonchev–Trinajstić information content (AvgIpc) is 2.27. The number of carbonyl (C=O) groups is 1. The van der Waals surface area contributed by atoms with Crippen molar-refractivity contribution < 1.29 is 9.90 Å². The summed E-state index contributed by atoms with van der Waals surface area (Å²) in [4.78, 5) is 11.8. The molecule has 4 aliphatic rings. The van der Waals surface area contributed by atoms with Crippen LogP contribution < -0.4 is 0 Å². The van der Waals surface area contributed by atoms with Crippen LogP contribution in [0.1, 0.15) is 45.4 Å². The minimum absolute atomic E-state index is 0.390.